The van der Waals surface area contributed by atoms with E-state index in [4.69, 9.17) is 9.47 Å². The molecule has 0 saturated heterocycles. The van der Waals surface area contributed by atoms with Crippen molar-refractivity contribution in [1.29, 1.82) is 0 Å². The van der Waals surface area contributed by atoms with Gasteiger partial charge in [0.15, 0.2) is 0 Å². The molecule has 0 radical (unpaired) electrons. The molecule has 20 heavy (non-hydrogen) atoms. The van der Waals surface area contributed by atoms with Gasteiger partial charge in [0.1, 0.15) is 12.6 Å². The summed E-state index contributed by atoms with van der Waals surface area (Å²) in [5.41, 5.74) is -0.327. The zero-order chi connectivity index (χ0) is 14.8. The standard InChI is InChI=1S/C17H28O3/c1-13(2)15-8-10-16(3)11-14(18)7-5-6-9-17(15,16)20-12-19-4/h5-6,13,15H,7-12H2,1-4H3/b6-5-/t15-,16-,17+/m0/s1. The van der Waals surface area contributed by atoms with Gasteiger partial charge in [-0.2, -0.15) is 0 Å². The third-order valence-corrected chi connectivity index (χ3v) is 5.39. The summed E-state index contributed by atoms with van der Waals surface area (Å²) < 4.78 is 11.5. The molecule has 2 rings (SSSR count). The molecule has 0 aromatic heterocycles. The summed E-state index contributed by atoms with van der Waals surface area (Å²) in [6.07, 6.45) is 8.45. The third-order valence-electron chi connectivity index (χ3n) is 5.39. The summed E-state index contributed by atoms with van der Waals surface area (Å²) in [7, 11) is 1.66. The van der Waals surface area contributed by atoms with Gasteiger partial charge in [-0.25, -0.2) is 0 Å². The molecular formula is C17H28O3. The van der Waals surface area contributed by atoms with Crippen LogP contribution in [0.25, 0.3) is 0 Å². The summed E-state index contributed by atoms with van der Waals surface area (Å²) in [4.78, 5) is 12.1. The van der Waals surface area contributed by atoms with Crippen molar-refractivity contribution in [3.8, 4) is 0 Å². The number of ketones is 1. The quantitative estimate of drug-likeness (QED) is 0.581. The first-order valence-corrected chi connectivity index (χ1v) is 7.75. The van der Waals surface area contributed by atoms with E-state index in [1.807, 2.05) is 6.08 Å². The molecule has 0 heterocycles. The Labute approximate surface area is 122 Å². The molecule has 1 fully saturated rings. The monoisotopic (exact) mass is 280 g/mol. The minimum Gasteiger partial charge on any atom is -0.359 e. The molecule has 1 saturated carbocycles. The molecule has 0 aromatic rings. The number of hydrogen-bond acceptors (Lipinski definition) is 3. The summed E-state index contributed by atoms with van der Waals surface area (Å²) in [5, 5.41) is 0. The maximum atomic E-state index is 12.1. The predicted molar refractivity (Wildman–Crippen MR) is 79.4 cm³/mol. The van der Waals surface area contributed by atoms with Crippen molar-refractivity contribution < 1.29 is 14.3 Å². The Morgan fingerprint density at radius 2 is 2.15 bits per heavy atom. The maximum Gasteiger partial charge on any atom is 0.147 e. The summed E-state index contributed by atoms with van der Waals surface area (Å²) in [6, 6.07) is 0. The minimum atomic E-state index is -0.260. The van der Waals surface area contributed by atoms with Crippen molar-refractivity contribution >= 4 is 5.78 Å². The Morgan fingerprint density at radius 1 is 1.40 bits per heavy atom. The van der Waals surface area contributed by atoms with Crippen molar-refractivity contribution in [2.75, 3.05) is 13.9 Å². The smallest absolute Gasteiger partial charge is 0.147 e. The molecule has 114 valence electrons. The Hall–Kier alpha value is -0.670. The molecule has 2 aliphatic rings. The topological polar surface area (TPSA) is 35.5 Å². The van der Waals surface area contributed by atoms with Crippen LogP contribution in [0.4, 0.5) is 0 Å². The molecule has 0 N–H and O–H groups in total. The van der Waals surface area contributed by atoms with Crippen LogP contribution in [0, 0.1) is 17.3 Å². The van der Waals surface area contributed by atoms with E-state index in [0.29, 0.717) is 37.3 Å². The molecule has 3 nitrogen and oxygen atoms in total. The van der Waals surface area contributed by atoms with Gasteiger partial charge in [-0.3, -0.25) is 4.79 Å². The van der Waals surface area contributed by atoms with E-state index in [1.165, 1.54) is 0 Å². The van der Waals surface area contributed by atoms with E-state index in [-0.39, 0.29) is 11.0 Å². The van der Waals surface area contributed by atoms with Gasteiger partial charge in [-0.05, 0) is 31.1 Å². The van der Waals surface area contributed by atoms with Gasteiger partial charge in [-0.15, -0.1) is 0 Å². The van der Waals surface area contributed by atoms with E-state index in [0.717, 1.165) is 19.3 Å². The Morgan fingerprint density at radius 3 is 2.80 bits per heavy atom. The molecular weight excluding hydrogens is 252 g/mol. The molecule has 0 amide bonds. The first-order valence-electron chi connectivity index (χ1n) is 7.75. The van der Waals surface area contributed by atoms with Crippen LogP contribution in [0.15, 0.2) is 12.2 Å². The van der Waals surface area contributed by atoms with E-state index >= 15 is 0 Å². The van der Waals surface area contributed by atoms with E-state index in [9.17, 15) is 4.79 Å². The molecule has 0 unspecified atom stereocenters. The van der Waals surface area contributed by atoms with Crippen molar-refractivity contribution in [2.24, 2.45) is 17.3 Å². The van der Waals surface area contributed by atoms with Gasteiger partial charge in [-0.1, -0.05) is 32.9 Å². The number of fused-ring (bicyclic) bond motifs is 1. The van der Waals surface area contributed by atoms with Gasteiger partial charge in [0, 0.05) is 25.4 Å². The van der Waals surface area contributed by atoms with Gasteiger partial charge >= 0.3 is 0 Å². The van der Waals surface area contributed by atoms with E-state index in [2.05, 4.69) is 26.8 Å². The predicted octanol–water partition coefficient (Wildman–Crippen LogP) is 3.73. The largest absolute Gasteiger partial charge is 0.359 e. The Kier molecular flexibility index (Phi) is 4.70. The second-order valence-electron chi connectivity index (χ2n) is 6.99. The molecule has 3 heteroatoms. The molecule has 0 aliphatic heterocycles. The first kappa shape index (κ1) is 15.7. The number of methoxy groups -OCH3 is 1. The van der Waals surface area contributed by atoms with Crippen LogP contribution in [0.2, 0.25) is 0 Å². The van der Waals surface area contributed by atoms with Crippen molar-refractivity contribution in [3.05, 3.63) is 12.2 Å². The number of ether oxygens (including phenoxy) is 2. The highest BCUT2D eigenvalue weighted by molar-refractivity contribution is 5.81. The summed E-state index contributed by atoms with van der Waals surface area (Å²) in [5.74, 6) is 1.37. The lowest BCUT2D eigenvalue weighted by molar-refractivity contribution is -0.198. The number of allylic oxidation sites excluding steroid dienone is 1. The van der Waals surface area contributed by atoms with Crippen LogP contribution in [-0.2, 0) is 14.3 Å². The average Bonchev–Trinajstić information content (AvgIpc) is 2.63. The summed E-state index contributed by atoms with van der Waals surface area (Å²) in [6.45, 7) is 7.07. The maximum absolute atomic E-state index is 12.1. The minimum absolute atomic E-state index is 0.0672. The fraction of sp³-hybridized carbons (Fsp3) is 0.824. The molecule has 0 spiro atoms. The van der Waals surface area contributed by atoms with Crippen LogP contribution in [0.5, 0.6) is 0 Å². The van der Waals surface area contributed by atoms with Crippen LogP contribution in [0.3, 0.4) is 0 Å². The number of hydrogen-bond donors (Lipinski definition) is 0. The van der Waals surface area contributed by atoms with E-state index < -0.39 is 0 Å². The zero-order valence-electron chi connectivity index (χ0n) is 13.3. The lowest BCUT2D eigenvalue weighted by atomic mass is 9.65. The van der Waals surface area contributed by atoms with Gasteiger partial charge in [0.25, 0.3) is 0 Å². The van der Waals surface area contributed by atoms with Crippen molar-refractivity contribution in [3.63, 3.8) is 0 Å². The second kappa shape index (κ2) is 5.98. The second-order valence-corrected chi connectivity index (χ2v) is 6.99. The number of carbonyl (C=O) groups is 1. The fourth-order valence-electron chi connectivity index (χ4n) is 4.36. The average molecular weight is 280 g/mol. The molecule has 2 aliphatic carbocycles. The highest BCUT2D eigenvalue weighted by Gasteiger charge is 2.59. The van der Waals surface area contributed by atoms with Gasteiger partial charge in [0.2, 0.25) is 0 Å². The Balaban J connectivity index is 2.41. The van der Waals surface area contributed by atoms with Crippen molar-refractivity contribution in [1.82, 2.24) is 0 Å². The Bertz CT molecular complexity index is 388. The summed E-state index contributed by atoms with van der Waals surface area (Å²) >= 11 is 0. The fourth-order valence-corrected chi connectivity index (χ4v) is 4.36. The molecule has 0 bridgehead atoms. The zero-order valence-corrected chi connectivity index (χ0v) is 13.3. The lowest BCUT2D eigenvalue weighted by Crippen LogP contribution is -2.51. The van der Waals surface area contributed by atoms with E-state index in [1.54, 1.807) is 7.11 Å². The van der Waals surface area contributed by atoms with Gasteiger partial charge in [0.05, 0.1) is 5.60 Å². The van der Waals surface area contributed by atoms with Crippen LogP contribution >= 0.6 is 0 Å². The van der Waals surface area contributed by atoms with Crippen LogP contribution < -0.4 is 0 Å². The van der Waals surface area contributed by atoms with Crippen LogP contribution in [0.1, 0.15) is 52.9 Å². The third kappa shape index (κ3) is 2.58. The highest BCUT2D eigenvalue weighted by atomic mass is 16.7. The number of rotatable bonds is 4. The van der Waals surface area contributed by atoms with Crippen LogP contribution in [-0.4, -0.2) is 25.3 Å². The normalized spacial score (nSPS) is 39.5. The lowest BCUT2D eigenvalue weighted by Gasteiger charge is -2.48. The highest BCUT2D eigenvalue weighted by Crippen LogP contribution is 2.58. The first-order chi connectivity index (χ1) is 9.45. The SMILES string of the molecule is COCO[C@@]12C/C=C\CC(=O)C[C@]1(C)CC[C@H]2C(C)C. The van der Waals surface area contributed by atoms with Crippen molar-refractivity contribution in [2.45, 2.75) is 58.5 Å². The number of carbonyl (C=O) groups excluding carboxylic acids is 1. The molecule has 0 aromatic carbocycles. The molecule has 3 atom stereocenters. The van der Waals surface area contributed by atoms with Gasteiger partial charge < -0.3 is 9.47 Å². The number of Topliss-reactive ketones (excluding diaryl/α,β-unsaturated/α-hetero) is 1.